The highest BCUT2D eigenvalue weighted by Crippen LogP contribution is 2.34. The van der Waals surface area contributed by atoms with Gasteiger partial charge in [-0.3, -0.25) is 4.90 Å². The lowest BCUT2D eigenvalue weighted by Crippen LogP contribution is -2.46. The molecule has 0 aliphatic carbocycles. The number of benzene rings is 1. The quantitative estimate of drug-likeness (QED) is 0.882. The zero-order valence-electron chi connectivity index (χ0n) is 11.8. The highest BCUT2D eigenvalue weighted by molar-refractivity contribution is 5.44. The van der Waals surface area contributed by atoms with Crippen LogP contribution < -0.4 is 15.2 Å². The smallest absolute Gasteiger partial charge is 0.161 e. The van der Waals surface area contributed by atoms with Gasteiger partial charge in [-0.05, 0) is 24.7 Å². The predicted molar refractivity (Wildman–Crippen MR) is 73.7 cm³/mol. The fourth-order valence-electron chi connectivity index (χ4n) is 2.56. The minimum Gasteiger partial charge on any atom is -0.493 e. The Balaban J connectivity index is 2.33. The van der Waals surface area contributed by atoms with Gasteiger partial charge in [-0.2, -0.15) is 0 Å². The van der Waals surface area contributed by atoms with Crippen LogP contribution >= 0.6 is 0 Å². The molecule has 2 unspecified atom stereocenters. The van der Waals surface area contributed by atoms with Crippen molar-refractivity contribution in [3.8, 4) is 11.5 Å². The first-order chi connectivity index (χ1) is 9.21. The summed E-state index contributed by atoms with van der Waals surface area (Å²) in [5, 5.41) is 0. The Morgan fingerprint density at radius 3 is 2.68 bits per heavy atom. The monoisotopic (exact) mass is 266 g/mol. The number of nitrogens with zero attached hydrogens (tertiary/aromatic N) is 1. The molecule has 1 aliphatic rings. The number of methoxy groups -OCH3 is 2. The molecule has 0 amide bonds. The number of hydrogen-bond donors (Lipinski definition) is 1. The van der Waals surface area contributed by atoms with Crippen molar-refractivity contribution < 1.29 is 14.2 Å². The van der Waals surface area contributed by atoms with E-state index in [1.165, 1.54) is 0 Å². The van der Waals surface area contributed by atoms with Gasteiger partial charge in [-0.15, -0.1) is 0 Å². The van der Waals surface area contributed by atoms with Crippen molar-refractivity contribution in [1.29, 1.82) is 0 Å². The van der Waals surface area contributed by atoms with Crippen LogP contribution in [0.1, 0.15) is 11.6 Å². The summed E-state index contributed by atoms with van der Waals surface area (Å²) in [6.07, 6.45) is 0.0110. The fourth-order valence-corrected chi connectivity index (χ4v) is 2.56. The molecule has 0 radical (unpaired) electrons. The van der Waals surface area contributed by atoms with Gasteiger partial charge in [0.25, 0.3) is 0 Å². The van der Waals surface area contributed by atoms with Crippen molar-refractivity contribution in [3.05, 3.63) is 23.8 Å². The molecule has 0 aromatic heterocycles. The number of rotatable bonds is 4. The molecule has 1 fully saturated rings. The summed E-state index contributed by atoms with van der Waals surface area (Å²) in [6, 6.07) is 6.11. The number of hydrogen-bond acceptors (Lipinski definition) is 5. The largest absolute Gasteiger partial charge is 0.493 e. The van der Waals surface area contributed by atoms with Crippen molar-refractivity contribution in [2.75, 3.05) is 41.0 Å². The summed E-state index contributed by atoms with van der Waals surface area (Å²) >= 11 is 0. The standard InChI is InChI=1S/C14H22N2O3/c1-16-6-7-19-13(9-15)14(16)10-4-5-11(17-2)12(8-10)18-3/h4-5,8,13-14H,6-7,9,15H2,1-3H3. The molecular formula is C14H22N2O3. The Morgan fingerprint density at radius 2 is 2.05 bits per heavy atom. The SMILES string of the molecule is COc1ccc(C2C(CN)OCCN2C)cc1OC. The van der Waals surface area contributed by atoms with Gasteiger partial charge >= 0.3 is 0 Å². The van der Waals surface area contributed by atoms with Crippen LogP contribution in [-0.2, 0) is 4.74 Å². The van der Waals surface area contributed by atoms with E-state index in [0.717, 1.165) is 30.2 Å². The van der Waals surface area contributed by atoms with E-state index in [9.17, 15) is 0 Å². The molecule has 1 aromatic rings. The van der Waals surface area contributed by atoms with Gasteiger partial charge in [0, 0.05) is 13.1 Å². The summed E-state index contributed by atoms with van der Waals surface area (Å²) in [5.41, 5.74) is 6.95. The van der Waals surface area contributed by atoms with Gasteiger partial charge in [0.05, 0.1) is 33.0 Å². The lowest BCUT2D eigenvalue weighted by atomic mass is 9.98. The van der Waals surface area contributed by atoms with Crippen LogP contribution in [0.3, 0.4) is 0 Å². The van der Waals surface area contributed by atoms with E-state index in [-0.39, 0.29) is 12.1 Å². The molecule has 2 atom stereocenters. The highest BCUT2D eigenvalue weighted by atomic mass is 16.5. The second-order valence-corrected chi connectivity index (χ2v) is 4.68. The Morgan fingerprint density at radius 1 is 1.32 bits per heavy atom. The van der Waals surface area contributed by atoms with Crippen molar-refractivity contribution in [2.24, 2.45) is 5.73 Å². The molecule has 1 saturated heterocycles. The van der Waals surface area contributed by atoms with Crippen LogP contribution in [0.2, 0.25) is 0 Å². The number of ether oxygens (including phenoxy) is 3. The summed E-state index contributed by atoms with van der Waals surface area (Å²) in [4.78, 5) is 2.27. The Kier molecular flexibility index (Phi) is 4.63. The lowest BCUT2D eigenvalue weighted by Gasteiger charge is -2.39. The zero-order chi connectivity index (χ0) is 13.8. The summed E-state index contributed by atoms with van der Waals surface area (Å²) < 4.78 is 16.4. The molecule has 2 N–H and O–H groups in total. The first kappa shape index (κ1) is 14.1. The van der Waals surface area contributed by atoms with E-state index in [1.807, 2.05) is 18.2 Å². The first-order valence-electron chi connectivity index (χ1n) is 6.45. The summed E-state index contributed by atoms with van der Waals surface area (Å²) in [7, 11) is 5.37. The van der Waals surface area contributed by atoms with Gasteiger partial charge < -0.3 is 19.9 Å². The number of morpholine rings is 1. The third-order valence-electron chi connectivity index (χ3n) is 3.58. The molecule has 5 nitrogen and oxygen atoms in total. The third-order valence-corrected chi connectivity index (χ3v) is 3.58. The molecule has 1 aliphatic heterocycles. The van der Waals surface area contributed by atoms with Crippen molar-refractivity contribution in [2.45, 2.75) is 12.1 Å². The van der Waals surface area contributed by atoms with Crippen LogP contribution in [0.15, 0.2) is 18.2 Å². The Hall–Kier alpha value is -1.30. The molecular weight excluding hydrogens is 244 g/mol. The molecule has 1 aromatic carbocycles. The maximum Gasteiger partial charge on any atom is 0.161 e. The number of likely N-dealkylation sites (N-methyl/N-ethyl adjacent to an activating group) is 1. The van der Waals surface area contributed by atoms with Crippen LogP contribution in [0.25, 0.3) is 0 Å². The third kappa shape index (κ3) is 2.83. The first-order valence-corrected chi connectivity index (χ1v) is 6.45. The minimum atomic E-state index is 0.0110. The molecule has 5 heteroatoms. The van der Waals surface area contributed by atoms with E-state index in [1.54, 1.807) is 14.2 Å². The lowest BCUT2D eigenvalue weighted by molar-refractivity contribution is -0.0577. The predicted octanol–water partition coefficient (Wildman–Crippen LogP) is 1.03. The molecule has 0 bridgehead atoms. The minimum absolute atomic E-state index is 0.0110. The van der Waals surface area contributed by atoms with Crippen molar-refractivity contribution in [3.63, 3.8) is 0 Å². The Labute approximate surface area is 114 Å². The molecule has 19 heavy (non-hydrogen) atoms. The van der Waals surface area contributed by atoms with Crippen LogP contribution in [-0.4, -0.2) is 52.0 Å². The van der Waals surface area contributed by atoms with Crippen LogP contribution in [0.4, 0.5) is 0 Å². The van der Waals surface area contributed by atoms with E-state index in [4.69, 9.17) is 19.9 Å². The molecule has 2 rings (SSSR count). The fraction of sp³-hybridized carbons (Fsp3) is 0.571. The van der Waals surface area contributed by atoms with Crippen LogP contribution in [0, 0.1) is 0 Å². The average Bonchev–Trinajstić information content (AvgIpc) is 2.46. The van der Waals surface area contributed by atoms with Gasteiger partial charge in [0.2, 0.25) is 0 Å². The van der Waals surface area contributed by atoms with Crippen LogP contribution in [0.5, 0.6) is 11.5 Å². The van der Waals surface area contributed by atoms with E-state index in [2.05, 4.69) is 11.9 Å². The number of nitrogens with two attached hydrogens (primary N) is 1. The molecule has 1 heterocycles. The van der Waals surface area contributed by atoms with E-state index in [0.29, 0.717) is 6.54 Å². The van der Waals surface area contributed by atoms with Crippen molar-refractivity contribution in [1.82, 2.24) is 4.90 Å². The van der Waals surface area contributed by atoms with Crippen molar-refractivity contribution >= 4 is 0 Å². The Bertz CT molecular complexity index is 425. The maximum absolute atomic E-state index is 5.81. The van der Waals surface area contributed by atoms with Gasteiger partial charge in [0.1, 0.15) is 0 Å². The second-order valence-electron chi connectivity index (χ2n) is 4.68. The zero-order valence-corrected chi connectivity index (χ0v) is 11.8. The molecule has 0 spiro atoms. The van der Waals surface area contributed by atoms with E-state index < -0.39 is 0 Å². The van der Waals surface area contributed by atoms with Gasteiger partial charge in [0.15, 0.2) is 11.5 Å². The van der Waals surface area contributed by atoms with E-state index >= 15 is 0 Å². The summed E-state index contributed by atoms with van der Waals surface area (Å²) in [5.74, 6) is 1.46. The second kappa shape index (κ2) is 6.23. The van der Waals surface area contributed by atoms with Gasteiger partial charge in [-0.1, -0.05) is 6.07 Å². The topological polar surface area (TPSA) is 57.0 Å². The van der Waals surface area contributed by atoms with Gasteiger partial charge in [-0.25, -0.2) is 0 Å². The molecule has 106 valence electrons. The molecule has 0 saturated carbocycles. The average molecular weight is 266 g/mol. The summed E-state index contributed by atoms with van der Waals surface area (Å²) in [6.45, 7) is 2.13. The normalized spacial score (nSPS) is 24.2. The maximum atomic E-state index is 5.81. The highest BCUT2D eigenvalue weighted by Gasteiger charge is 2.31.